The van der Waals surface area contributed by atoms with E-state index in [-0.39, 0.29) is 5.17 Å². The first-order valence-corrected chi connectivity index (χ1v) is 5.22. The Morgan fingerprint density at radius 2 is 1.62 bits per heavy atom. The van der Waals surface area contributed by atoms with Crippen LogP contribution in [0.15, 0.2) is 59.8 Å². The molecule has 0 bridgehead atoms. The van der Waals surface area contributed by atoms with Crippen LogP contribution in [0.5, 0.6) is 0 Å². The Bertz CT molecular complexity index is 508. The highest BCUT2D eigenvalue weighted by Gasteiger charge is 2.02. The predicted molar refractivity (Wildman–Crippen MR) is 66.1 cm³/mol. The largest absolute Gasteiger partial charge is 0.410 e. The molecule has 80 valence electrons. The third kappa shape index (κ3) is 2.23. The van der Waals surface area contributed by atoms with Gasteiger partial charge in [0.1, 0.15) is 0 Å². The summed E-state index contributed by atoms with van der Waals surface area (Å²) in [7, 11) is 0. The molecule has 2 nitrogen and oxygen atoms in total. The number of halogens is 1. The monoisotopic (exact) mass is 231 g/mol. The minimum absolute atomic E-state index is 0.0952. The molecule has 2 rings (SSSR count). The fourth-order valence-corrected chi connectivity index (χ4v) is 1.63. The van der Waals surface area contributed by atoms with E-state index in [4.69, 9.17) is 16.8 Å². The minimum atomic E-state index is 0.0952. The lowest BCUT2D eigenvalue weighted by Gasteiger charge is -2.03. The molecule has 0 aromatic heterocycles. The normalized spacial score (nSPS) is 11.4. The average Bonchev–Trinajstić information content (AvgIpc) is 2.39. The summed E-state index contributed by atoms with van der Waals surface area (Å²) in [6.07, 6.45) is 0. The number of oxime groups is 1. The molecule has 0 fully saturated rings. The lowest BCUT2D eigenvalue weighted by atomic mass is 10.0. The predicted octanol–water partition coefficient (Wildman–Crippen LogP) is 3.73. The van der Waals surface area contributed by atoms with E-state index in [2.05, 4.69) is 5.16 Å². The van der Waals surface area contributed by atoms with Gasteiger partial charge in [-0.2, -0.15) is 0 Å². The van der Waals surface area contributed by atoms with Gasteiger partial charge in [-0.3, -0.25) is 0 Å². The topological polar surface area (TPSA) is 32.6 Å². The van der Waals surface area contributed by atoms with Crippen LogP contribution < -0.4 is 0 Å². The molecule has 0 amide bonds. The lowest BCUT2D eigenvalue weighted by molar-refractivity contribution is 0.321. The number of benzene rings is 2. The molecule has 0 spiro atoms. The van der Waals surface area contributed by atoms with E-state index in [1.807, 2.05) is 48.5 Å². The first-order valence-electron chi connectivity index (χ1n) is 4.84. The van der Waals surface area contributed by atoms with Crippen LogP contribution in [0.3, 0.4) is 0 Å². The van der Waals surface area contributed by atoms with E-state index in [1.54, 1.807) is 6.07 Å². The number of hydrogen-bond donors (Lipinski definition) is 1. The van der Waals surface area contributed by atoms with Crippen molar-refractivity contribution in [2.24, 2.45) is 5.16 Å². The van der Waals surface area contributed by atoms with E-state index in [0.717, 1.165) is 11.1 Å². The Labute approximate surface area is 98.8 Å². The van der Waals surface area contributed by atoms with Gasteiger partial charge in [0.25, 0.3) is 0 Å². The summed E-state index contributed by atoms with van der Waals surface area (Å²) < 4.78 is 0. The molecule has 0 heterocycles. The molecule has 0 saturated heterocycles. The van der Waals surface area contributed by atoms with Crippen LogP contribution in [0.25, 0.3) is 11.1 Å². The van der Waals surface area contributed by atoms with Crippen LogP contribution in [-0.2, 0) is 0 Å². The van der Waals surface area contributed by atoms with Gasteiger partial charge in [-0.15, -0.1) is 0 Å². The van der Waals surface area contributed by atoms with E-state index in [0.29, 0.717) is 5.56 Å². The summed E-state index contributed by atoms with van der Waals surface area (Å²) in [5, 5.41) is 11.7. The van der Waals surface area contributed by atoms with Crippen molar-refractivity contribution in [3.8, 4) is 11.1 Å². The van der Waals surface area contributed by atoms with Crippen molar-refractivity contribution in [3.63, 3.8) is 0 Å². The standard InChI is InChI=1S/C13H10ClNO/c14-13(15-16)12-8-4-7-11(9-12)10-5-2-1-3-6-10/h1-9,16H. The summed E-state index contributed by atoms with van der Waals surface area (Å²) in [6, 6.07) is 17.5. The minimum Gasteiger partial charge on any atom is -0.410 e. The molecule has 1 N–H and O–H groups in total. The van der Waals surface area contributed by atoms with Crippen LogP contribution in [0.2, 0.25) is 0 Å². The van der Waals surface area contributed by atoms with Gasteiger partial charge < -0.3 is 5.21 Å². The summed E-state index contributed by atoms with van der Waals surface area (Å²) in [5.41, 5.74) is 2.84. The molecular formula is C13H10ClNO. The van der Waals surface area contributed by atoms with Crippen molar-refractivity contribution in [1.82, 2.24) is 0 Å². The Hall–Kier alpha value is -1.80. The smallest absolute Gasteiger partial charge is 0.175 e. The van der Waals surface area contributed by atoms with Gasteiger partial charge in [-0.05, 0) is 17.2 Å². The second kappa shape index (κ2) is 4.81. The number of hydrogen-bond acceptors (Lipinski definition) is 2. The Morgan fingerprint density at radius 1 is 0.938 bits per heavy atom. The summed E-state index contributed by atoms with van der Waals surface area (Å²) >= 11 is 5.75. The van der Waals surface area contributed by atoms with Gasteiger partial charge in [-0.25, -0.2) is 0 Å². The van der Waals surface area contributed by atoms with E-state index >= 15 is 0 Å². The quantitative estimate of drug-likeness (QED) is 0.477. The first kappa shape index (κ1) is 10.7. The van der Waals surface area contributed by atoms with Crippen LogP contribution in [0, 0.1) is 0 Å². The third-order valence-corrected chi connectivity index (χ3v) is 2.59. The van der Waals surface area contributed by atoms with Crippen molar-refractivity contribution in [2.45, 2.75) is 0 Å². The summed E-state index contributed by atoms with van der Waals surface area (Å²) in [6.45, 7) is 0. The Balaban J connectivity index is 2.44. The molecule has 0 aliphatic heterocycles. The first-order chi connectivity index (χ1) is 7.81. The Morgan fingerprint density at radius 3 is 2.31 bits per heavy atom. The SMILES string of the molecule is ON=C(Cl)c1cccc(-c2ccccc2)c1. The fraction of sp³-hybridized carbons (Fsp3) is 0. The molecular weight excluding hydrogens is 222 g/mol. The molecule has 0 atom stereocenters. The fourth-order valence-electron chi connectivity index (χ4n) is 1.52. The zero-order valence-electron chi connectivity index (χ0n) is 8.47. The molecule has 3 heteroatoms. The molecule has 0 saturated carbocycles. The van der Waals surface area contributed by atoms with E-state index in [1.165, 1.54) is 0 Å². The van der Waals surface area contributed by atoms with Crippen LogP contribution in [0.1, 0.15) is 5.56 Å². The lowest BCUT2D eigenvalue weighted by Crippen LogP contribution is -1.91. The van der Waals surface area contributed by atoms with Crippen LogP contribution in [-0.4, -0.2) is 10.4 Å². The zero-order chi connectivity index (χ0) is 11.4. The number of rotatable bonds is 2. The van der Waals surface area contributed by atoms with Crippen LogP contribution in [0.4, 0.5) is 0 Å². The van der Waals surface area contributed by atoms with Crippen molar-refractivity contribution in [3.05, 3.63) is 60.2 Å². The van der Waals surface area contributed by atoms with Gasteiger partial charge in [-0.1, -0.05) is 65.3 Å². The van der Waals surface area contributed by atoms with E-state index in [9.17, 15) is 0 Å². The van der Waals surface area contributed by atoms with Crippen molar-refractivity contribution in [1.29, 1.82) is 0 Å². The molecule has 16 heavy (non-hydrogen) atoms. The average molecular weight is 232 g/mol. The Kier molecular flexibility index (Phi) is 3.22. The highest BCUT2D eigenvalue weighted by molar-refractivity contribution is 6.69. The molecule has 0 aliphatic rings. The van der Waals surface area contributed by atoms with Crippen LogP contribution >= 0.6 is 11.6 Å². The zero-order valence-corrected chi connectivity index (χ0v) is 9.22. The molecule has 2 aromatic rings. The number of nitrogens with zero attached hydrogens (tertiary/aromatic N) is 1. The maximum Gasteiger partial charge on any atom is 0.175 e. The molecule has 0 unspecified atom stereocenters. The molecule has 0 radical (unpaired) electrons. The van der Waals surface area contributed by atoms with Crippen molar-refractivity contribution >= 4 is 16.8 Å². The third-order valence-electron chi connectivity index (χ3n) is 2.30. The second-order valence-electron chi connectivity index (χ2n) is 3.34. The van der Waals surface area contributed by atoms with E-state index < -0.39 is 0 Å². The van der Waals surface area contributed by atoms with Gasteiger partial charge in [0.2, 0.25) is 0 Å². The molecule has 2 aromatic carbocycles. The summed E-state index contributed by atoms with van der Waals surface area (Å²) in [4.78, 5) is 0. The van der Waals surface area contributed by atoms with Gasteiger partial charge in [0.05, 0.1) is 0 Å². The maximum absolute atomic E-state index is 8.61. The molecule has 0 aliphatic carbocycles. The highest BCUT2D eigenvalue weighted by atomic mass is 35.5. The van der Waals surface area contributed by atoms with Gasteiger partial charge in [0, 0.05) is 5.56 Å². The van der Waals surface area contributed by atoms with Crippen molar-refractivity contribution < 1.29 is 5.21 Å². The second-order valence-corrected chi connectivity index (χ2v) is 3.70. The van der Waals surface area contributed by atoms with Gasteiger partial charge in [0.15, 0.2) is 5.17 Å². The van der Waals surface area contributed by atoms with Gasteiger partial charge >= 0.3 is 0 Å². The highest BCUT2D eigenvalue weighted by Crippen LogP contribution is 2.20. The summed E-state index contributed by atoms with van der Waals surface area (Å²) in [5.74, 6) is 0. The maximum atomic E-state index is 8.61. The van der Waals surface area contributed by atoms with Crippen molar-refractivity contribution in [2.75, 3.05) is 0 Å².